The number of rotatable bonds is 1. The number of carbonyl (C=O) groups excluding carboxylic acids is 1. The lowest BCUT2D eigenvalue weighted by Gasteiger charge is -2.38. The summed E-state index contributed by atoms with van der Waals surface area (Å²) in [7, 11) is 0. The third-order valence-electron chi connectivity index (χ3n) is 3.63. The maximum atomic E-state index is 14.9. The third kappa shape index (κ3) is 2.31. The van der Waals surface area contributed by atoms with Crippen molar-refractivity contribution in [2.24, 2.45) is 0 Å². The van der Waals surface area contributed by atoms with Crippen LogP contribution in [0, 0.1) is 0 Å². The van der Waals surface area contributed by atoms with Gasteiger partial charge in [-0.2, -0.15) is 0 Å². The Morgan fingerprint density at radius 3 is 2.94 bits per heavy atom. The SMILES string of the molecule is CC(C)N1CC2(F)CNCC[C@@H]2O[C@H](C)C1=O. The Balaban J connectivity index is 2.26. The molecule has 4 nitrogen and oxygen atoms in total. The molecule has 0 aliphatic carbocycles. The van der Waals surface area contributed by atoms with Crippen molar-refractivity contribution in [2.45, 2.75) is 51.1 Å². The van der Waals surface area contributed by atoms with Crippen LogP contribution in [0.3, 0.4) is 0 Å². The van der Waals surface area contributed by atoms with Crippen molar-refractivity contribution in [1.29, 1.82) is 0 Å². The van der Waals surface area contributed by atoms with E-state index in [1.807, 2.05) is 13.8 Å². The van der Waals surface area contributed by atoms with Crippen LogP contribution in [0.15, 0.2) is 0 Å². The number of amides is 1. The quantitative estimate of drug-likeness (QED) is 0.738. The predicted molar refractivity (Wildman–Crippen MR) is 62.5 cm³/mol. The van der Waals surface area contributed by atoms with Crippen molar-refractivity contribution in [3.63, 3.8) is 0 Å². The van der Waals surface area contributed by atoms with Crippen LogP contribution in [0.1, 0.15) is 27.2 Å². The van der Waals surface area contributed by atoms with Crippen molar-refractivity contribution in [3.8, 4) is 0 Å². The van der Waals surface area contributed by atoms with Gasteiger partial charge >= 0.3 is 0 Å². The molecule has 2 rings (SSSR count). The number of ether oxygens (including phenoxy) is 1. The molecule has 2 aliphatic heterocycles. The van der Waals surface area contributed by atoms with Crippen molar-refractivity contribution < 1.29 is 13.9 Å². The second-order valence-electron chi connectivity index (χ2n) is 5.33. The number of carbonyl (C=O) groups is 1. The zero-order valence-electron chi connectivity index (χ0n) is 10.7. The minimum absolute atomic E-state index is 0.00171. The normalized spacial score (nSPS) is 39.1. The van der Waals surface area contributed by atoms with Crippen LogP contribution in [0.2, 0.25) is 0 Å². The Morgan fingerprint density at radius 1 is 1.59 bits per heavy atom. The predicted octanol–water partition coefficient (Wildman–Crippen LogP) is 0.712. The van der Waals surface area contributed by atoms with Gasteiger partial charge in [-0.3, -0.25) is 4.79 Å². The van der Waals surface area contributed by atoms with Crippen LogP contribution in [0.4, 0.5) is 4.39 Å². The van der Waals surface area contributed by atoms with Crippen molar-refractivity contribution >= 4 is 5.91 Å². The standard InChI is InChI=1S/C12H21FN2O2/c1-8(2)15-7-12(13)6-14-5-4-10(12)17-9(3)11(15)16/h8-10,14H,4-7H2,1-3H3/t9-,10+,12?/m1/s1. The topological polar surface area (TPSA) is 41.6 Å². The van der Waals surface area contributed by atoms with E-state index in [1.165, 1.54) is 0 Å². The molecule has 0 saturated carbocycles. The van der Waals surface area contributed by atoms with Gasteiger partial charge < -0.3 is 15.0 Å². The highest BCUT2D eigenvalue weighted by molar-refractivity contribution is 5.81. The Bertz CT molecular complexity index is 311. The van der Waals surface area contributed by atoms with E-state index in [0.29, 0.717) is 6.42 Å². The van der Waals surface area contributed by atoms with Crippen molar-refractivity contribution in [1.82, 2.24) is 10.2 Å². The molecule has 5 heteroatoms. The number of hydrogen-bond donors (Lipinski definition) is 1. The van der Waals surface area contributed by atoms with E-state index in [9.17, 15) is 9.18 Å². The molecule has 3 atom stereocenters. The van der Waals surface area contributed by atoms with E-state index < -0.39 is 17.9 Å². The molecule has 2 aliphatic rings. The number of fused-ring (bicyclic) bond motifs is 1. The van der Waals surface area contributed by atoms with Gasteiger partial charge in [-0.05, 0) is 33.7 Å². The van der Waals surface area contributed by atoms with E-state index in [-0.39, 0.29) is 25.0 Å². The molecule has 1 amide bonds. The molecule has 0 aromatic carbocycles. The summed E-state index contributed by atoms with van der Waals surface area (Å²) in [4.78, 5) is 13.7. The highest BCUT2D eigenvalue weighted by atomic mass is 19.1. The number of piperidine rings is 1. The lowest BCUT2D eigenvalue weighted by atomic mass is 9.92. The Labute approximate surface area is 101 Å². The molecular weight excluding hydrogens is 223 g/mol. The van der Waals surface area contributed by atoms with Gasteiger partial charge in [-0.1, -0.05) is 0 Å². The van der Waals surface area contributed by atoms with Crippen LogP contribution < -0.4 is 5.32 Å². The van der Waals surface area contributed by atoms with E-state index in [1.54, 1.807) is 11.8 Å². The first-order chi connectivity index (χ1) is 7.94. The number of alkyl halides is 1. The maximum Gasteiger partial charge on any atom is 0.251 e. The van der Waals surface area contributed by atoms with Crippen molar-refractivity contribution in [2.75, 3.05) is 19.6 Å². The summed E-state index contributed by atoms with van der Waals surface area (Å²) >= 11 is 0. The Kier molecular flexibility index (Phi) is 3.41. The van der Waals surface area contributed by atoms with Crippen molar-refractivity contribution in [3.05, 3.63) is 0 Å². The van der Waals surface area contributed by atoms with E-state index in [0.717, 1.165) is 6.54 Å². The fourth-order valence-corrected chi connectivity index (χ4v) is 2.59. The van der Waals surface area contributed by atoms with E-state index >= 15 is 0 Å². The highest BCUT2D eigenvalue weighted by Gasteiger charge is 2.49. The van der Waals surface area contributed by atoms with E-state index in [4.69, 9.17) is 4.74 Å². The Morgan fingerprint density at radius 2 is 2.29 bits per heavy atom. The summed E-state index contributed by atoms with van der Waals surface area (Å²) < 4.78 is 20.5. The molecule has 0 bridgehead atoms. The summed E-state index contributed by atoms with van der Waals surface area (Å²) in [6.07, 6.45) is -0.385. The molecule has 98 valence electrons. The fourth-order valence-electron chi connectivity index (χ4n) is 2.59. The van der Waals surface area contributed by atoms with E-state index in [2.05, 4.69) is 5.32 Å². The first-order valence-corrected chi connectivity index (χ1v) is 6.29. The fraction of sp³-hybridized carbons (Fsp3) is 0.917. The number of nitrogens with one attached hydrogen (secondary N) is 1. The molecule has 0 spiro atoms. The summed E-state index contributed by atoms with van der Waals surface area (Å²) in [5, 5.41) is 3.05. The van der Waals surface area contributed by atoms with Gasteiger partial charge in [0, 0.05) is 12.6 Å². The smallest absolute Gasteiger partial charge is 0.251 e. The van der Waals surface area contributed by atoms with Gasteiger partial charge in [0.05, 0.1) is 12.6 Å². The maximum absolute atomic E-state index is 14.9. The number of halogens is 1. The largest absolute Gasteiger partial charge is 0.362 e. The lowest BCUT2D eigenvalue weighted by molar-refractivity contribution is -0.144. The second-order valence-corrected chi connectivity index (χ2v) is 5.33. The minimum atomic E-state index is -1.46. The molecule has 0 aromatic heterocycles. The lowest BCUT2D eigenvalue weighted by Crippen LogP contribution is -2.58. The summed E-state index contributed by atoms with van der Waals surface area (Å²) in [6.45, 7) is 6.67. The second kappa shape index (κ2) is 4.53. The number of nitrogens with zero attached hydrogens (tertiary/aromatic N) is 1. The molecule has 1 unspecified atom stereocenters. The van der Waals surface area contributed by atoms with Gasteiger partial charge in [0.15, 0.2) is 5.67 Å². The third-order valence-corrected chi connectivity index (χ3v) is 3.63. The zero-order valence-corrected chi connectivity index (χ0v) is 10.7. The zero-order chi connectivity index (χ0) is 12.6. The van der Waals surface area contributed by atoms with Crippen LogP contribution in [-0.4, -0.2) is 54.4 Å². The van der Waals surface area contributed by atoms with Crippen LogP contribution >= 0.6 is 0 Å². The average molecular weight is 244 g/mol. The Hall–Kier alpha value is -0.680. The molecule has 1 N–H and O–H groups in total. The van der Waals surface area contributed by atoms with Gasteiger partial charge in [0.1, 0.15) is 6.10 Å². The molecular formula is C12H21FN2O2. The van der Waals surface area contributed by atoms with Gasteiger partial charge in [0.2, 0.25) is 0 Å². The first-order valence-electron chi connectivity index (χ1n) is 6.29. The number of hydrogen-bond acceptors (Lipinski definition) is 3. The van der Waals surface area contributed by atoms with Gasteiger partial charge in [-0.25, -0.2) is 4.39 Å². The summed E-state index contributed by atoms with van der Waals surface area (Å²) in [5.41, 5.74) is -1.46. The molecule has 17 heavy (non-hydrogen) atoms. The van der Waals surface area contributed by atoms with Gasteiger partial charge in [-0.15, -0.1) is 0 Å². The molecule has 0 aromatic rings. The van der Waals surface area contributed by atoms with Crippen LogP contribution in [0.25, 0.3) is 0 Å². The highest BCUT2D eigenvalue weighted by Crippen LogP contribution is 2.30. The average Bonchev–Trinajstić information content (AvgIpc) is 2.37. The molecule has 2 heterocycles. The van der Waals surface area contributed by atoms with Gasteiger partial charge in [0.25, 0.3) is 5.91 Å². The molecule has 0 radical (unpaired) electrons. The first kappa shape index (κ1) is 12.8. The summed E-state index contributed by atoms with van der Waals surface area (Å²) in [5.74, 6) is -0.105. The molecule has 2 fully saturated rings. The van der Waals surface area contributed by atoms with Crippen LogP contribution in [0.5, 0.6) is 0 Å². The van der Waals surface area contributed by atoms with Crippen LogP contribution in [-0.2, 0) is 9.53 Å². The molecule has 2 saturated heterocycles. The summed E-state index contributed by atoms with van der Waals surface area (Å²) in [6, 6.07) is 0.00171. The minimum Gasteiger partial charge on any atom is -0.362 e. The monoisotopic (exact) mass is 244 g/mol.